The van der Waals surface area contributed by atoms with Crippen molar-refractivity contribution in [3.05, 3.63) is 30.1 Å². The largest absolute Gasteiger partial charge is 0.325 e. The zero-order valence-electron chi connectivity index (χ0n) is 11.4. The number of benzene rings is 1. The molecule has 0 saturated heterocycles. The number of amides is 1. The molecule has 1 aromatic carbocycles. The molecule has 1 saturated carbocycles. The van der Waals surface area contributed by atoms with E-state index < -0.39 is 10.8 Å². The van der Waals surface area contributed by atoms with Crippen molar-refractivity contribution < 1.29 is 14.0 Å². The fourth-order valence-electron chi connectivity index (χ4n) is 2.18. The number of carbonyl (C=O) groups excluding carboxylic acids is 2. The van der Waals surface area contributed by atoms with Gasteiger partial charge in [-0.15, -0.1) is 0 Å². The van der Waals surface area contributed by atoms with Gasteiger partial charge in [-0.25, -0.2) is 4.39 Å². The number of anilines is 1. The third kappa shape index (κ3) is 2.67. The highest BCUT2D eigenvalue weighted by Crippen LogP contribution is 2.51. The van der Waals surface area contributed by atoms with E-state index in [-0.39, 0.29) is 17.5 Å². The summed E-state index contributed by atoms with van der Waals surface area (Å²) in [6.45, 7) is 5.46. The second kappa shape index (κ2) is 4.44. The van der Waals surface area contributed by atoms with Crippen molar-refractivity contribution in [1.29, 1.82) is 0 Å². The molecule has 0 bridgehead atoms. The van der Waals surface area contributed by atoms with E-state index in [2.05, 4.69) is 5.32 Å². The van der Waals surface area contributed by atoms with Crippen molar-refractivity contribution in [3.8, 4) is 0 Å². The van der Waals surface area contributed by atoms with Crippen molar-refractivity contribution in [3.63, 3.8) is 0 Å². The Kier molecular flexibility index (Phi) is 3.20. The number of Topliss-reactive ketones (excluding diaryl/α,β-unsaturated/α-hetero) is 1. The molecule has 1 fully saturated rings. The highest BCUT2D eigenvalue weighted by Gasteiger charge is 2.58. The van der Waals surface area contributed by atoms with Gasteiger partial charge in [-0.05, 0) is 37.1 Å². The Labute approximate surface area is 112 Å². The lowest BCUT2D eigenvalue weighted by atomic mass is 9.80. The lowest BCUT2D eigenvalue weighted by Crippen LogP contribution is -2.38. The summed E-state index contributed by atoms with van der Waals surface area (Å²) in [5, 5.41) is 2.70. The molecule has 0 aliphatic heterocycles. The van der Waals surface area contributed by atoms with Crippen LogP contribution in [0.2, 0.25) is 0 Å². The van der Waals surface area contributed by atoms with E-state index in [0.717, 1.165) is 0 Å². The van der Waals surface area contributed by atoms with Crippen LogP contribution in [0.4, 0.5) is 10.1 Å². The number of rotatable bonds is 3. The number of nitrogens with one attached hydrogen (secondary N) is 1. The molecule has 1 aliphatic rings. The number of carbonyl (C=O) groups is 2. The molecule has 1 amide bonds. The molecule has 1 aromatic rings. The Morgan fingerprint density at radius 2 is 1.68 bits per heavy atom. The quantitative estimate of drug-likeness (QED) is 0.851. The Balaban J connectivity index is 2.12. The summed E-state index contributed by atoms with van der Waals surface area (Å²) in [4.78, 5) is 24.6. The van der Waals surface area contributed by atoms with Gasteiger partial charge in [-0.1, -0.05) is 20.8 Å². The Hall–Kier alpha value is -1.71. The molecule has 0 unspecified atom stereocenters. The molecule has 0 spiro atoms. The van der Waals surface area contributed by atoms with Crippen LogP contribution in [0, 0.1) is 16.6 Å². The Morgan fingerprint density at radius 1 is 1.16 bits per heavy atom. The SMILES string of the molecule is CC(C)(C)C(=O)C1(C(=O)Nc2ccc(F)cc2)CC1. The van der Waals surface area contributed by atoms with Gasteiger partial charge in [-0.2, -0.15) is 0 Å². The monoisotopic (exact) mass is 263 g/mol. The van der Waals surface area contributed by atoms with Crippen LogP contribution in [0.25, 0.3) is 0 Å². The number of halogens is 1. The summed E-state index contributed by atoms with van der Waals surface area (Å²) in [6, 6.07) is 5.54. The molecule has 0 aromatic heterocycles. The number of hydrogen-bond donors (Lipinski definition) is 1. The van der Waals surface area contributed by atoms with E-state index in [1.54, 1.807) is 0 Å². The third-order valence-electron chi connectivity index (χ3n) is 3.40. The van der Waals surface area contributed by atoms with Gasteiger partial charge in [-0.3, -0.25) is 9.59 Å². The smallest absolute Gasteiger partial charge is 0.238 e. The first-order valence-electron chi connectivity index (χ1n) is 6.38. The maximum atomic E-state index is 12.8. The maximum Gasteiger partial charge on any atom is 0.238 e. The van der Waals surface area contributed by atoms with Crippen molar-refractivity contribution in [2.75, 3.05) is 5.32 Å². The number of hydrogen-bond acceptors (Lipinski definition) is 2. The lowest BCUT2D eigenvalue weighted by Gasteiger charge is -2.23. The molecule has 4 heteroatoms. The van der Waals surface area contributed by atoms with E-state index in [1.165, 1.54) is 24.3 Å². The second-order valence-corrected chi connectivity index (χ2v) is 6.12. The average molecular weight is 263 g/mol. The van der Waals surface area contributed by atoms with Gasteiger partial charge in [0.1, 0.15) is 11.2 Å². The number of ketones is 1. The van der Waals surface area contributed by atoms with Crippen LogP contribution >= 0.6 is 0 Å². The minimum absolute atomic E-state index is 0.0281. The molecule has 19 heavy (non-hydrogen) atoms. The standard InChI is InChI=1S/C15H18FNO2/c1-14(2,3)12(18)15(8-9-15)13(19)17-11-6-4-10(16)5-7-11/h4-7H,8-9H2,1-3H3,(H,17,19). The van der Waals surface area contributed by atoms with Gasteiger partial charge >= 0.3 is 0 Å². The fourth-order valence-corrected chi connectivity index (χ4v) is 2.18. The molecular formula is C15H18FNO2. The highest BCUT2D eigenvalue weighted by atomic mass is 19.1. The highest BCUT2D eigenvalue weighted by molar-refractivity contribution is 6.15. The van der Waals surface area contributed by atoms with Crippen LogP contribution in [-0.4, -0.2) is 11.7 Å². The summed E-state index contributed by atoms with van der Waals surface area (Å²) in [7, 11) is 0. The van der Waals surface area contributed by atoms with Crippen molar-refractivity contribution in [1.82, 2.24) is 0 Å². The predicted octanol–water partition coefficient (Wildman–Crippen LogP) is 3.16. The first-order chi connectivity index (χ1) is 8.75. The van der Waals surface area contributed by atoms with Crippen LogP contribution in [0.15, 0.2) is 24.3 Å². The van der Waals surface area contributed by atoms with E-state index >= 15 is 0 Å². The van der Waals surface area contributed by atoms with Gasteiger partial charge < -0.3 is 5.32 Å². The summed E-state index contributed by atoms with van der Waals surface area (Å²) < 4.78 is 12.8. The van der Waals surface area contributed by atoms with E-state index in [1.807, 2.05) is 20.8 Å². The van der Waals surface area contributed by atoms with Crippen molar-refractivity contribution in [2.45, 2.75) is 33.6 Å². The zero-order chi connectivity index (χ0) is 14.3. The van der Waals surface area contributed by atoms with Gasteiger partial charge in [0.15, 0.2) is 5.78 Å². The van der Waals surface area contributed by atoms with E-state index in [9.17, 15) is 14.0 Å². The summed E-state index contributed by atoms with van der Waals surface area (Å²) >= 11 is 0. The molecule has 3 nitrogen and oxygen atoms in total. The summed E-state index contributed by atoms with van der Waals surface area (Å²) in [6.07, 6.45) is 1.19. The average Bonchev–Trinajstić information content (AvgIpc) is 3.11. The molecule has 0 heterocycles. The minimum Gasteiger partial charge on any atom is -0.325 e. The van der Waals surface area contributed by atoms with Gasteiger partial charge in [0.25, 0.3) is 0 Å². The lowest BCUT2D eigenvalue weighted by molar-refractivity contribution is -0.138. The molecule has 102 valence electrons. The zero-order valence-corrected chi connectivity index (χ0v) is 11.4. The van der Waals surface area contributed by atoms with Crippen molar-refractivity contribution >= 4 is 17.4 Å². The molecule has 2 rings (SSSR count). The van der Waals surface area contributed by atoms with Crippen molar-refractivity contribution in [2.24, 2.45) is 10.8 Å². The maximum absolute atomic E-state index is 12.8. The molecule has 1 N–H and O–H groups in total. The molecular weight excluding hydrogens is 245 g/mol. The Morgan fingerprint density at radius 3 is 2.11 bits per heavy atom. The molecule has 0 radical (unpaired) electrons. The topological polar surface area (TPSA) is 46.2 Å². The van der Waals surface area contributed by atoms with E-state index in [0.29, 0.717) is 18.5 Å². The fraction of sp³-hybridized carbons (Fsp3) is 0.467. The first-order valence-corrected chi connectivity index (χ1v) is 6.38. The minimum atomic E-state index is -0.882. The molecule has 0 atom stereocenters. The third-order valence-corrected chi connectivity index (χ3v) is 3.40. The van der Waals surface area contributed by atoms with E-state index in [4.69, 9.17) is 0 Å². The summed E-state index contributed by atoms with van der Waals surface area (Å²) in [5.74, 6) is -0.663. The van der Waals surface area contributed by atoms with Crippen LogP contribution < -0.4 is 5.32 Å². The van der Waals surface area contributed by atoms with Crippen LogP contribution in [0.3, 0.4) is 0 Å². The van der Waals surface area contributed by atoms with Gasteiger partial charge in [0.2, 0.25) is 5.91 Å². The van der Waals surface area contributed by atoms with Crippen LogP contribution in [-0.2, 0) is 9.59 Å². The second-order valence-electron chi connectivity index (χ2n) is 6.12. The predicted molar refractivity (Wildman–Crippen MR) is 71.2 cm³/mol. The molecule has 1 aliphatic carbocycles. The summed E-state index contributed by atoms with van der Waals surface area (Å²) in [5.41, 5.74) is -0.900. The first kappa shape index (κ1) is 13.7. The normalized spacial score (nSPS) is 16.8. The van der Waals surface area contributed by atoms with Gasteiger partial charge in [0.05, 0.1) is 0 Å². The van der Waals surface area contributed by atoms with Crippen LogP contribution in [0.1, 0.15) is 33.6 Å². The van der Waals surface area contributed by atoms with Gasteiger partial charge in [0, 0.05) is 11.1 Å². The van der Waals surface area contributed by atoms with Crippen LogP contribution in [0.5, 0.6) is 0 Å². The Bertz CT molecular complexity index is 510.